The van der Waals surface area contributed by atoms with Gasteiger partial charge in [0, 0.05) is 11.8 Å². The standard InChI is InChI=1S/C18H21N3O4/c1-3-4-10-14(18(24)25)19-17(23)16-15(22)11-12(2)21(20-16)13-8-6-5-7-9-13/h5-9,11,14H,3-4,10H2,1-2H3,(H,19,23)(H,24,25). The number of carbonyl (C=O) groups excluding carboxylic acids is 1. The maximum absolute atomic E-state index is 12.4. The van der Waals surface area contributed by atoms with Gasteiger partial charge in [0.25, 0.3) is 5.91 Å². The summed E-state index contributed by atoms with van der Waals surface area (Å²) in [4.78, 5) is 35.8. The van der Waals surface area contributed by atoms with Crippen LogP contribution in [0.1, 0.15) is 42.4 Å². The number of aliphatic carboxylic acids is 1. The number of rotatable bonds is 7. The number of unbranched alkanes of at least 4 members (excludes halogenated alkanes) is 1. The van der Waals surface area contributed by atoms with Gasteiger partial charge in [-0.1, -0.05) is 38.0 Å². The van der Waals surface area contributed by atoms with Crippen molar-refractivity contribution in [1.82, 2.24) is 15.1 Å². The molecular formula is C18H21N3O4. The number of aryl methyl sites for hydroxylation is 1. The summed E-state index contributed by atoms with van der Waals surface area (Å²) in [6, 6.07) is 9.36. The zero-order valence-electron chi connectivity index (χ0n) is 14.2. The van der Waals surface area contributed by atoms with Crippen molar-refractivity contribution >= 4 is 11.9 Å². The minimum absolute atomic E-state index is 0.302. The topological polar surface area (TPSA) is 101 Å². The molecule has 2 aromatic rings. The van der Waals surface area contributed by atoms with Crippen LogP contribution in [0, 0.1) is 6.92 Å². The normalized spacial score (nSPS) is 11.8. The summed E-state index contributed by atoms with van der Waals surface area (Å²) in [5.74, 6) is -1.91. The van der Waals surface area contributed by atoms with Gasteiger partial charge in [-0.25, -0.2) is 9.48 Å². The average Bonchev–Trinajstić information content (AvgIpc) is 2.59. The van der Waals surface area contributed by atoms with Crippen molar-refractivity contribution in [3.8, 4) is 5.69 Å². The highest BCUT2D eigenvalue weighted by Gasteiger charge is 2.23. The summed E-state index contributed by atoms with van der Waals surface area (Å²) in [6.07, 6.45) is 1.77. The van der Waals surface area contributed by atoms with Crippen molar-refractivity contribution in [2.45, 2.75) is 39.2 Å². The van der Waals surface area contributed by atoms with Crippen LogP contribution >= 0.6 is 0 Å². The van der Waals surface area contributed by atoms with Crippen LogP contribution in [0.3, 0.4) is 0 Å². The predicted molar refractivity (Wildman–Crippen MR) is 93.0 cm³/mol. The number of nitrogens with zero attached hydrogens (tertiary/aromatic N) is 2. The summed E-state index contributed by atoms with van der Waals surface area (Å²) < 4.78 is 1.48. The Labute approximate surface area is 145 Å². The molecule has 1 heterocycles. The summed E-state index contributed by atoms with van der Waals surface area (Å²) in [6.45, 7) is 3.64. The fourth-order valence-corrected chi connectivity index (χ4v) is 2.43. The molecule has 1 unspecified atom stereocenters. The first-order valence-electron chi connectivity index (χ1n) is 8.14. The van der Waals surface area contributed by atoms with E-state index in [2.05, 4.69) is 10.4 Å². The van der Waals surface area contributed by atoms with E-state index < -0.39 is 23.3 Å². The number of carbonyl (C=O) groups is 2. The SMILES string of the molecule is CCCCC(NC(=O)c1nn(-c2ccccc2)c(C)cc1=O)C(=O)O. The van der Waals surface area contributed by atoms with Crippen molar-refractivity contribution in [2.75, 3.05) is 0 Å². The quantitative estimate of drug-likeness (QED) is 0.800. The molecule has 132 valence electrons. The van der Waals surface area contributed by atoms with Crippen LogP contribution in [0.5, 0.6) is 0 Å². The molecule has 25 heavy (non-hydrogen) atoms. The molecule has 7 nitrogen and oxygen atoms in total. The number of carboxylic acids is 1. The second kappa shape index (κ2) is 8.23. The van der Waals surface area contributed by atoms with Gasteiger partial charge < -0.3 is 10.4 Å². The number of amides is 1. The van der Waals surface area contributed by atoms with Gasteiger partial charge in [-0.15, -0.1) is 0 Å². The molecular weight excluding hydrogens is 322 g/mol. The molecule has 0 bridgehead atoms. The van der Waals surface area contributed by atoms with Gasteiger partial charge in [0.1, 0.15) is 6.04 Å². The lowest BCUT2D eigenvalue weighted by Crippen LogP contribution is -2.43. The van der Waals surface area contributed by atoms with Crippen LogP contribution < -0.4 is 10.7 Å². The van der Waals surface area contributed by atoms with E-state index in [9.17, 15) is 19.5 Å². The lowest BCUT2D eigenvalue weighted by atomic mass is 10.1. The zero-order valence-corrected chi connectivity index (χ0v) is 14.2. The van der Waals surface area contributed by atoms with Gasteiger partial charge >= 0.3 is 5.97 Å². The maximum atomic E-state index is 12.4. The van der Waals surface area contributed by atoms with Gasteiger partial charge in [-0.2, -0.15) is 5.10 Å². The van der Waals surface area contributed by atoms with E-state index in [0.717, 1.165) is 6.42 Å². The first-order valence-corrected chi connectivity index (χ1v) is 8.14. The summed E-state index contributed by atoms with van der Waals surface area (Å²) >= 11 is 0. The lowest BCUT2D eigenvalue weighted by Gasteiger charge is -2.15. The van der Waals surface area contributed by atoms with Crippen LogP contribution in [-0.4, -0.2) is 32.8 Å². The Kier molecular flexibility index (Phi) is 6.05. The molecule has 7 heteroatoms. The predicted octanol–water partition coefficient (Wildman–Crippen LogP) is 1.91. The molecule has 0 spiro atoms. The van der Waals surface area contributed by atoms with Crippen molar-refractivity contribution in [3.05, 3.63) is 58.0 Å². The van der Waals surface area contributed by atoms with Crippen LogP contribution in [-0.2, 0) is 4.79 Å². The minimum Gasteiger partial charge on any atom is -0.480 e. The molecule has 0 fully saturated rings. The van der Waals surface area contributed by atoms with Crippen molar-refractivity contribution in [2.24, 2.45) is 0 Å². The van der Waals surface area contributed by atoms with E-state index in [-0.39, 0.29) is 5.69 Å². The Morgan fingerprint density at radius 2 is 1.96 bits per heavy atom. The van der Waals surface area contributed by atoms with E-state index in [0.29, 0.717) is 24.2 Å². The molecule has 0 saturated carbocycles. The fraction of sp³-hybridized carbons (Fsp3) is 0.333. The number of benzene rings is 1. The number of hydrogen-bond donors (Lipinski definition) is 2. The Bertz CT molecular complexity index is 815. The number of para-hydroxylation sites is 1. The van der Waals surface area contributed by atoms with E-state index in [1.165, 1.54) is 10.7 Å². The largest absolute Gasteiger partial charge is 0.480 e. The van der Waals surface area contributed by atoms with Gasteiger partial charge in [0.15, 0.2) is 5.69 Å². The third kappa shape index (κ3) is 4.53. The Balaban J connectivity index is 2.33. The summed E-state index contributed by atoms with van der Waals surface area (Å²) in [7, 11) is 0. The zero-order chi connectivity index (χ0) is 18.4. The van der Waals surface area contributed by atoms with Crippen molar-refractivity contribution < 1.29 is 14.7 Å². The second-order valence-electron chi connectivity index (χ2n) is 5.75. The molecule has 1 atom stereocenters. The highest BCUT2D eigenvalue weighted by Crippen LogP contribution is 2.08. The second-order valence-corrected chi connectivity index (χ2v) is 5.75. The van der Waals surface area contributed by atoms with Crippen molar-refractivity contribution in [1.29, 1.82) is 0 Å². The number of nitrogens with one attached hydrogen (secondary N) is 1. The number of aromatic nitrogens is 2. The van der Waals surface area contributed by atoms with Crippen molar-refractivity contribution in [3.63, 3.8) is 0 Å². The van der Waals surface area contributed by atoms with Gasteiger partial charge in [-0.05, 0) is 25.5 Å². The smallest absolute Gasteiger partial charge is 0.326 e. The van der Waals surface area contributed by atoms with E-state index in [4.69, 9.17) is 0 Å². The highest BCUT2D eigenvalue weighted by atomic mass is 16.4. The molecule has 0 aliphatic rings. The first kappa shape index (κ1) is 18.4. The van der Waals surface area contributed by atoms with Crippen LogP contribution in [0.4, 0.5) is 0 Å². The molecule has 0 aliphatic carbocycles. The molecule has 2 N–H and O–H groups in total. The maximum Gasteiger partial charge on any atom is 0.326 e. The molecule has 0 radical (unpaired) electrons. The monoisotopic (exact) mass is 343 g/mol. The highest BCUT2D eigenvalue weighted by molar-refractivity contribution is 5.94. The van der Waals surface area contributed by atoms with E-state index in [1.807, 2.05) is 25.1 Å². The molecule has 1 aromatic heterocycles. The first-order chi connectivity index (χ1) is 11.9. The number of carboxylic acid groups (broad SMARTS) is 1. The minimum atomic E-state index is -1.13. The van der Waals surface area contributed by atoms with Crippen LogP contribution in [0.15, 0.2) is 41.2 Å². The lowest BCUT2D eigenvalue weighted by molar-refractivity contribution is -0.139. The Morgan fingerprint density at radius 1 is 1.28 bits per heavy atom. The third-order valence-electron chi connectivity index (χ3n) is 3.77. The van der Waals surface area contributed by atoms with Crippen LogP contribution in [0.25, 0.3) is 5.69 Å². The van der Waals surface area contributed by atoms with Gasteiger partial charge in [0.2, 0.25) is 5.43 Å². The van der Waals surface area contributed by atoms with Crippen LogP contribution in [0.2, 0.25) is 0 Å². The molecule has 1 amide bonds. The summed E-state index contributed by atoms with van der Waals surface area (Å²) in [5.41, 5.74) is 0.419. The molecule has 1 aromatic carbocycles. The number of hydrogen-bond acceptors (Lipinski definition) is 4. The molecule has 0 aliphatic heterocycles. The third-order valence-corrected chi connectivity index (χ3v) is 3.77. The molecule has 2 rings (SSSR count). The summed E-state index contributed by atoms with van der Waals surface area (Å²) in [5, 5.41) is 15.7. The van der Waals surface area contributed by atoms with E-state index >= 15 is 0 Å². The average molecular weight is 343 g/mol. The van der Waals surface area contributed by atoms with Gasteiger partial charge in [-0.3, -0.25) is 9.59 Å². The Hall–Kier alpha value is -2.96. The van der Waals surface area contributed by atoms with E-state index in [1.54, 1.807) is 19.1 Å². The fourth-order valence-electron chi connectivity index (χ4n) is 2.43. The molecule has 0 saturated heterocycles. The van der Waals surface area contributed by atoms with Gasteiger partial charge in [0.05, 0.1) is 5.69 Å². The Morgan fingerprint density at radius 3 is 2.56 bits per heavy atom.